The van der Waals surface area contributed by atoms with Crippen molar-refractivity contribution < 1.29 is 31.8 Å². The highest BCUT2D eigenvalue weighted by molar-refractivity contribution is 7.90. The highest BCUT2D eigenvalue weighted by Crippen LogP contribution is 2.31. The van der Waals surface area contributed by atoms with Crippen molar-refractivity contribution in [2.24, 2.45) is 5.92 Å². The second-order valence-electron chi connectivity index (χ2n) is 8.44. The van der Waals surface area contributed by atoms with Gasteiger partial charge in [-0.25, -0.2) is 22.5 Å². The van der Waals surface area contributed by atoms with Gasteiger partial charge in [-0.05, 0) is 43.0 Å². The van der Waals surface area contributed by atoms with Crippen molar-refractivity contribution in [2.45, 2.75) is 17.7 Å². The molecular weight excluding hydrogens is 503 g/mol. The number of hydrogen-bond acceptors (Lipinski definition) is 8. The van der Waals surface area contributed by atoms with Crippen molar-refractivity contribution in [3.8, 4) is 17.4 Å². The van der Waals surface area contributed by atoms with Crippen LogP contribution in [0.3, 0.4) is 0 Å². The molecule has 0 spiro atoms. The first kappa shape index (κ1) is 24.7. The number of halogens is 1. The first-order valence-corrected chi connectivity index (χ1v) is 13.0. The number of carbonyl (C=O) groups is 1. The fourth-order valence-corrected chi connectivity index (χ4v) is 4.82. The molecule has 0 atom stereocenters. The molecule has 1 saturated heterocycles. The van der Waals surface area contributed by atoms with Gasteiger partial charge in [0.25, 0.3) is 15.9 Å². The van der Waals surface area contributed by atoms with Gasteiger partial charge >= 0.3 is 0 Å². The number of carbonyl (C=O) groups excluding carboxylic acids is 1. The number of para-hydroxylation sites is 1. The van der Waals surface area contributed by atoms with Crippen molar-refractivity contribution in [2.75, 3.05) is 19.8 Å². The predicted octanol–water partition coefficient (Wildman–Crippen LogP) is 3.81. The van der Waals surface area contributed by atoms with Crippen LogP contribution in [0.1, 0.15) is 23.2 Å². The molecule has 0 unspecified atom stereocenters. The quantitative estimate of drug-likeness (QED) is 0.354. The second kappa shape index (κ2) is 10.5. The summed E-state index contributed by atoms with van der Waals surface area (Å²) in [6, 6.07) is 12.2. The van der Waals surface area contributed by atoms with Crippen LogP contribution in [0.15, 0.2) is 65.8 Å². The van der Waals surface area contributed by atoms with E-state index in [0.717, 1.165) is 30.6 Å². The number of amides is 1. The van der Waals surface area contributed by atoms with E-state index in [1.807, 2.05) is 10.8 Å². The first-order valence-electron chi connectivity index (χ1n) is 11.5. The van der Waals surface area contributed by atoms with Crippen molar-refractivity contribution in [1.82, 2.24) is 19.9 Å². The summed E-state index contributed by atoms with van der Waals surface area (Å²) < 4.78 is 58.9. The summed E-state index contributed by atoms with van der Waals surface area (Å²) in [6.07, 6.45) is 4.11. The zero-order valence-corrected chi connectivity index (χ0v) is 20.3. The topological polar surface area (TPSA) is 132 Å². The molecular formula is C25H23FN4O6S. The summed E-state index contributed by atoms with van der Waals surface area (Å²) in [7, 11) is -4.44. The molecule has 0 aliphatic carbocycles. The van der Waals surface area contributed by atoms with E-state index in [4.69, 9.17) is 14.2 Å². The van der Waals surface area contributed by atoms with E-state index in [2.05, 4.69) is 15.2 Å². The molecule has 0 saturated carbocycles. The van der Waals surface area contributed by atoms with Crippen LogP contribution in [0.5, 0.6) is 17.4 Å². The fourth-order valence-electron chi connectivity index (χ4n) is 3.90. The molecule has 4 aromatic rings. The number of ether oxygens (including phenoxy) is 3. The monoisotopic (exact) mass is 526 g/mol. The molecule has 12 heteroatoms. The molecule has 0 radical (unpaired) electrons. The fraction of sp³-hybridized carbons (Fsp3) is 0.240. The Hall–Kier alpha value is -4.03. The lowest BCUT2D eigenvalue weighted by atomic mass is 10.0. The van der Waals surface area contributed by atoms with E-state index in [0.29, 0.717) is 24.3 Å². The molecule has 5 rings (SSSR count). The summed E-state index contributed by atoms with van der Waals surface area (Å²) >= 11 is 0. The standard InChI is InChI=1S/C25H23FN4O6S/c26-20-12-17(13-27-25(20)35-15-16-8-10-34-11-9-16)37(32,33)30-24(31)18-4-1-2-6-22(18)36-23-7-3-5-21-19(23)14-28-29-21/h1-7,12-14,16H,8-11,15H2,(H,28,29)(H,30,31). The molecule has 2 aromatic heterocycles. The third-order valence-corrected chi connectivity index (χ3v) is 7.21. The van der Waals surface area contributed by atoms with Crippen LogP contribution < -0.4 is 14.2 Å². The Morgan fingerprint density at radius 1 is 1.11 bits per heavy atom. The maximum absolute atomic E-state index is 14.6. The third kappa shape index (κ3) is 5.54. The van der Waals surface area contributed by atoms with Gasteiger partial charge in [0, 0.05) is 19.3 Å². The van der Waals surface area contributed by atoms with E-state index in [1.165, 1.54) is 12.1 Å². The van der Waals surface area contributed by atoms with Crippen LogP contribution >= 0.6 is 0 Å². The lowest BCUT2D eigenvalue weighted by Crippen LogP contribution is -2.31. The van der Waals surface area contributed by atoms with Gasteiger partial charge in [-0.15, -0.1) is 0 Å². The number of H-pyrrole nitrogens is 1. The van der Waals surface area contributed by atoms with E-state index in [9.17, 15) is 17.6 Å². The highest BCUT2D eigenvalue weighted by Gasteiger charge is 2.24. The van der Waals surface area contributed by atoms with Crippen LogP contribution in [0, 0.1) is 11.7 Å². The minimum Gasteiger partial charge on any atom is -0.475 e. The Labute approximate surface area is 211 Å². The lowest BCUT2D eigenvalue weighted by Gasteiger charge is -2.21. The molecule has 1 fully saturated rings. The maximum Gasteiger partial charge on any atom is 0.268 e. The van der Waals surface area contributed by atoms with E-state index < -0.39 is 26.6 Å². The van der Waals surface area contributed by atoms with Gasteiger partial charge in [0.2, 0.25) is 5.88 Å². The van der Waals surface area contributed by atoms with Crippen molar-refractivity contribution in [3.63, 3.8) is 0 Å². The number of benzene rings is 2. The van der Waals surface area contributed by atoms with Gasteiger partial charge in [0.1, 0.15) is 16.4 Å². The van der Waals surface area contributed by atoms with Gasteiger partial charge in [-0.1, -0.05) is 18.2 Å². The number of aromatic amines is 1. The number of nitrogens with one attached hydrogen (secondary N) is 2. The minimum atomic E-state index is -4.44. The minimum absolute atomic E-state index is 0.0311. The predicted molar refractivity (Wildman–Crippen MR) is 130 cm³/mol. The first-order chi connectivity index (χ1) is 17.9. The van der Waals surface area contributed by atoms with Crippen LogP contribution in [0.25, 0.3) is 10.9 Å². The van der Waals surface area contributed by atoms with Gasteiger partial charge in [0.05, 0.1) is 35.5 Å². The second-order valence-corrected chi connectivity index (χ2v) is 10.1. The average molecular weight is 527 g/mol. The Kier molecular flexibility index (Phi) is 7.01. The Bertz CT molecular complexity index is 1540. The number of aromatic nitrogens is 3. The summed E-state index contributed by atoms with van der Waals surface area (Å²) in [5.74, 6) is -1.43. The van der Waals surface area contributed by atoms with E-state index >= 15 is 0 Å². The smallest absolute Gasteiger partial charge is 0.268 e. The van der Waals surface area contributed by atoms with Gasteiger partial charge in [-0.3, -0.25) is 9.89 Å². The maximum atomic E-state index is 14.6. The van der Waals surface area contributed by atoms with E-state index in [-0.39, 0.29) is 29.7 Å². The van der Waals surface area contributed by atoms with Crippen LogP contribution in [0.4, 0.5) is 4.39 Å². The van der Waals surface area contributed by atoms with E-state index in [1.54, 1.807) is 30.5 Å². The summed E-state index contributed by atoms with van der Waals surface area (Å²) in [5.41, 5.74) is 0.702. The zero-order valence-electron chi connectivity index (χ0n) is 19.5. The molecule has 1 amide bonds. The third-order valence-electron chi connectivity index (χ3n) is 5.91. The average Bonchev–Trinajstić information content (AvgIpc) is 3.39. The number of nitrogens with zero attached hydrogens (tertiary/aromatic N) is 2. The number of rotatable bonds is 8. The van der Waals surface area contributed by atoms with Crippen molar-refractivity contribution >= 4 is 26.8 Å². The molecule has 37 heavy (non-hydrogen) atoms. The Morgan fingerprint density at radius 3 is 2.70 bits per heavy atom. The number of hydrogen-bond donors (Lipinski definition) is 2. The Balaban J connectivity index is 1.31. The molecule has 2 N–H and O–H groups in total. The molecule has 3 heterocycles. The van der Waals surface area contributed by atoms with Crippen molar-refractivity contribution in [3.05, 3.63) is 72.3 Å². The highest BCUT2D eigenvalue weighted by atomic mass is 32.2. The number of fused-ring (bicyclic) bond motifs is 1. The van der Waals surface area contributed by atoms with Crippen LogP contribution in [-0.2, 0) is 14.8 Å². The summed E-state index contributed by atoms with van der Waals surface area (Å²) in [4.78, 5) is 16.2. The largest absolute Gasteiger partial charge is 0.475 e. The Morgan fingerprint density at radius 2 is 1.89 bits per heavy atom. The lowest BCUT2D eigenvalue weighted by molar-refractivity contribution is 0.0483. The molecule has 1 aliphatic rings. The van der Waals surface area contributed by atoms with Crippen LogP contribution in [0.2, 0.25) is 0 Å². The molecule has 1 aliphatic heterocycles. The summed E-state index contributed by atoms with van der Waals surface area (Å²) in [5, 5.41) is 7.49. The van der Waals surface area contributed by atoms with Crippen LogP contribution in [-0.4, -0.2) is 49.3 Å². The zero-order chi connectivity index (χ0) is 25.8. The molecule has 192 valence electrons. The van der Waals surface area contributed by atoms with Gasteiger partial charge in [-0.2, -0.15) is 5.10 Å². The molecule has 10 nitrogen and oxygen atoms in total. The molecule has 2 aromatic carbocycles. The SMILES string of the molecule is O=C(NS(=O)(=O)c1cnc(OCC2CCOCC2)c(F)c1)c1ccccc1Oc1cccc2[nH]ncc12. The number of sulfonamides is 1. The van der Waals surface area contributed by atoms with Gasteiger partial charge < -0.3 is 14.2 Å². The normalized spacial score (nSPS) is 14.4. The van der Waals surface area contributed by atoms with Crippen molar-refractivity contribution in [1.29, 1.82) is 0 Å². The number of pyridine rings is 1. The molecule has 0 bridgehead atoms. The van der Waals surface area contributed by atoms with Gasteiger partial charge in [0.15, 0.2) is 5.82 Å². The summed E-state index contributed by atoms with van der Waals surface area (Å²) in [6.45, 7) is 1.49.